The molecule has 0 spiro atoms. The summed E-state index contributed by atoms with van der Waals surface area (Å²) in [6.45, 7) is 13.4. The Balaban J connectivity index is 1.78. The minimum absolute atomic E-state index is 0.0222. The Morgan fingerprint density at radius 2 is 2.11 bits per heavy atom. The highest BCUT2D eigenvalue weighted by atomic mass is 16.5. The average Bonchev–Trinajstić information content (AvgIpc) is 2.72. The first-order chi connectivity index (χ1) is 9.00. The van der Waals surface area contributed by atoms with Crippen LogP contribution in [0.25, 0.3) is 0 Å². The molecule has 0 aromatic carbocycles. The summed E-state index contributed by atoms with van der Waals surface area (Å²) in [5.74, 6) is 0.890. The maximum absolute atomic E-state index is 5.98. The summed E-state index contributed by atoms with van der Waals surface area (Å²) in [7, 11) is 0. The molecule has 2 fully saturated rings. The van der Waals surface area contributed by atoms with E-state index in [0.29, 0.717) is 6.10 Å². The molecular formula is C16H32N2O. The third-order valence-electron chi connectivity index (χ3n) is 4.58. The number of morpholine rings is 1. The van der Waals surface area contributed by atoms with Gasteiger partial charge in [-0.1, -0.05) is 13.3 Å². The largest absolute Gasteiger partial charge is 0.370 e. The lowest BCUT2D eigenvalue weighted by atomic mass is 9.98. The van der Waals surface area contributed by atoms with Crippen molar-refractivity contribution in [2.24, 2.45) is 5.92 Å². The molecular weight excluding hydrogens is 236 g/mol. The highest BCUT2D eigenvalue weighted by Crippen LogP contribution is 2.29. The molecule has 112 valence electrons. The van der Waals surface area contributed by atoms with E-state index in [1.807, 2.05) is 0 Å². The third-order valence-corrected chi connectivity index (χ3v) is 4.58. The molecule has 3 unspecified atom stereocenters. The van der Waals surface area contributed by atoms with E-state index in [4.69, 9.17) is 4.74 Å². The molecule has 0 aromatic rings. The number of nitrogens with zero attached hydrogens (tertiary/aromatic N) is 1. The summed E-state index contributed by atoms with van der Waals surface area (Å²) < 4.78 is 5.98. The van der Waals surface area contributed by atoms with Gasteiger partial charge < -0.3 is 10.1 Å². The Bertz CT molecular complexity index is 280. The van der Waals surface area contributed by atoms with Gasteiger partial charge in [-0.2, -0.15) is 0 Å². The number of ether oxygens (including phenoxy) is 1. The van der Waals surface area contributed by atoms with Crippen LogP contribution in [-0.2, 0) is 4.74 Å². The van der Waals surface area contributed by atoms with E-state index in [1.165, 1.54) is 32.2 Å². The molecule has 1 saturated heterocycles. The molecule has 0 aromatic heterocycles. The summed E-state index contributed by atoms with van der Waals surface area (Å²) in [5, 5.41) is 3.66. The van der Waals surface area contributed by atoms with Crippen LogP contribution in [-0.4, -0.2) is 48.8 Å². The van der Waals surface area contributed by atoms with Crippen LogP contribution in [0.5, 0.6) is 0 Å². The van der Waals surface area contributed by atoms with Gasteiger partial charge in [0, 0.05) is 19.1 Å². The zero-order valence-electron chi connectivity index (χ0n) is 13.2. The van der Waals surface area contributed by atoms with Crippen molar-refractivity contribution in [3.8, 4) is 0 Å². The summed E-state index contributed by atoms with van der Waals surface area (Å²) in [4.78, 5) is 2.61. The van der Waals surface area contributed by atoms with Crippen LogP contribution >= 0.6 is 0 Å². The average molecular weight is 268 g/mol. The van der Waals surface area contributed by atoms with Crippen molar-refractivity contribution in [3.05, 3.63) is 0 Å². The van der Waals surface area contributed by atoms with Crippen LogP contribution in [0.4, 0.5) is 0 Å². The Morgan fingerprint density at radius 3 is 2.79 bits per heavy atom. The molecule has 3 nitrogen and oxygen atoms in total. The smallest absolute Gasteiger partial charge is 0.0757 e. The van der Waals surface area contributed by atoms with E-state index in [1.54, 1.807) is 0 Å². The lowest BCUT2D eigenvalue weighted by Crippen LogP contribution is -2.52. The standard InChI is InChI=1S/C16H32N2O/c1-5-17-15-8-6-7-14(15)9-10-18-11-13(2)19-16(3,4)12-18/h13-15,17H,5-12H2,1-4H3. The molecule has 1 N–H and O–H groups in total. The molecule has 1 aliphatic carbocycles. The number of rotatable bonds is 5. The highest BCUT2D eigenvalue weighted by molar-refractivity contribution is 4.86. The van der Waals surface area contributed by atoms with Gasteiger partial charge in [0.15, 0.2) is 0 Å². The minimum Gasteiger partial charge on any atom is -0.370 e. The van der Waals surface area contributed by atoms with Crippen molar-refractivity contribution in [1.29, 1.82) is 0 Å². The van der Waals surface area contributed by atoms with Crippen molar-refractivity contribution in [2.75, 3.05) is 26.2 Å². The summed E-state index contributed by atoms with van der Waals surface area (Å²) >= 11 is 0. The first-order valence-electron chi connectivity index (χ1n) is 8.14. The van der Waals surface area contributed by atoms with Gasteiger partial charge >= 0.3 is 0 Å². The Hall–Kier alpha value is -0.120. The monoisotopic (exact) mass is 268 g/mol. The molecule has 3 heteroatoms. The van der Waals surface area contributed by atoms with Crippen molar-refractivity contribution in [3.63, 3.8) is 0 Å². The summed E-state index contributed by atoms with van der Waals surface area (Å²) in [6.07, 6.45) is 5.93. The first kappa shape index (κ1) is 15.3. The van der Waals surface area contributed by atoms with Crippen molar-refractivity contribution in [2.45, 2.75) is 71.1 Å². The molecule has 0 bridgehead atoms. The second kappa shape index (κ2) is 6.55. The summed E-state index contributed by atoms with van der Waals surface area (Å²) in [6, 6.07) is 0.775. The maximum Gasteiger partial charge on any atom is 0.0757 e. The highest BCUT2D eigenvalue weighted by Gasteiger charge is 2.32. The SMILES string of the molecule is CCNC1CCCC1CCN1CC(C)OC(C)(C)C1. The number of hydrogen-bond acceptors (Lipinski definition) is 3. The van der Waals surface area contributed by atoms with E-state index in [2.05, 4.69) is 37.9 Å². The van der Waals surface area contributed by atoms with Gasteiger partial charge in [-0.15, -0.1) is 0 Å². The van der Waals surface area contributed by atoms with Crippen molar-refractivity contribution >= 4 is 0 Å². The van der Waals surface area contributed by atoms with E-state index in [0.717, 1.165) is 31.6 Å². The zero-order valence-corrected chi connectivity index (χ0v) is 13.2. The van der Waals surface area contributed by atoms with Gasteiger partial charge in [0.2, 0.25) is 0 Å². The fraction of sp³-hybridized carbons (Fsp3) is 1.00. The van der Waals surface area contributed by atoms with Crippen LogP contribution in [0.1, 0.15) is 53.4 Å². The topological polar surface area (TPSA) is 24.5 Å². The molecule has 1 heterocycles. The van der Waals surface area contributed by atoms with Gasteiger partial charge in [0.1, 0.15) is 0 Å². The normalized spacial score (nSPS) is 35.7. The molecule has 0 amide bonds. The molecule has 1 saturated carbocycles. The van der Waals surface area contributed by atoms with E-state index >= 15 is 0 Å². The van der Waals surface area contributed by atoms with E-state index < -0.39 is 0 Å². The van der Waals surface area contributed by atoms with Crippen molar-refractivity contribution in [1.82, 2.24) is 10.2 Å². The second-order valence-electron chi connectivity index (χ2n) is 7.07. The van der Waals surface area contributed by atoms with Crippen LogP contribution < -0.4 is 5.32 Å². The van der Waals surface area contributed by atoms with Crippen LogP contribution in [0.3, 0.4) is 0 Å². The Morgan fingerprint density at radius 1 is 1.32 bits per heavy atom. The van der Waals surface area contributed by atoms with Crippen LogP contribution in [0, 0.1) is 5.92 Å². The lowest BCUT2D eigenvalue weighted by Gasteiger charge is -2.42. The molecule has 2 aliphatic rings. The fourth-order valence-corrected chi connectivity index (χ4v) is 4.02. The maximum atomic E-state index is 5.98. The van der Waals surface area contributed by atoms with Gasteiger partial charge in [-0.3, -0.25) is 4.90 Å². The van der Waals surface area contributed by atoms with Crippen LogP contribution in [0.2, 0.25) is 0 Å². The fourth-order valence-electron chi connectivity index (χ4n) is 4.02. The molecule has 1 aliphatic heterocycles. The molecule has 0 radical (unpaired) electrons. The van der Waals surface area contributed by atoms with Gasteiger partial charge in [-0.25, -0.2) is 0 Å². The Labute approximate surface area is 119 Å². The lowest BCUT2D eigenvalue weighted by molar-refractivity contribution is -0.129. The number of nitrogens with one attached hydrogen (secondary N) is 1. The molecule has 3 atom stereocenters. The minimum atomic E-state index is 0.0222. The molecule has 19 heavy (non-hydrogen) atoms. The zero-order chi connectivity index (χ0) is 13.9. The first-order valence-corrected chi connectivity index (χ1v) is 8.14. The van der Waals surface area contributed by atoms with Crippen molar-refractivity contribution < 1.29 is 4.74 Å². The summed E-state index contributed by atoms with van der Waals surface area (Å²) in [5.41, 5.74) is 0.0222. The number of hydrogen-bond donors (Lipinski definition) is 1. The van der Waals surface area contributed by atoms with Crippen LogP contribution in [0.15, 0.2) is 0 Å². The van der Waals surface area contributed by atoms with Gasteiger partial charge in [0.05, 0.1) is 11.7 Å². The van der Waals surface area contributed by atoms with E-state index in [-0.39, 0.29) is 5.60 Å². The third kappa shape index (κ3) is 4.44. The van der Waals surface area contributed by atoms with Gasteiger partial charge in [0.25, 0.3) is 0 Å². The Kier molecular flexibility index (Phi) is 5.27. The van der Waals surface area contributed by atoms with E-state index in [9.17, 15) is 0 Å². The second-order valence-corrected chi connectivity index (χ2v) is 7.07. The predicted molar refractivity (Wildman–Crippen MR) is 80.5 cm³/mol. The predicted octanol–water partition coefficient (Wildman–Crippen LogP) is 2.65. The van der Waals surface area contributed by atoms with Gasteiger partial charge in [-0.05, 0) is 59.0 Å². The quantitative estimate of drug-likeness (QED) is 0.829. The molecule has 2 rings (SSSR count).